The van der Waals surface area contributed by atoms with Crippen LogP contribution in [0.25, 0.3) is 0 Å². The molecule has 0 unspecified atom stereocenters. The van der Waals surface area contributed by atoms with Gasteiger partial charge in [-0.3, -0.25) is 4.79 Å². The molecule has 1 aromatic heterocycles. The van der Waals surface area contributed by atoms with Crippen LogP contribution in [0.15, 0.2) is 36.7 Å². The number of halogens is 1. The summed E-state index contributed by atoms with van der Waals surface area (Å²) in [4.78, 5) is 18.7. The average molecular weight is 334 g/mol. The van der Waals surface area contributed by atoms with E-state index < -0.39 is 0 Å². The first-order chi connectivity index (χ1) is 11.2. The fourth-order valence-electron chi connectivity index (χ4n) is 2.80. The van der Waals surface area contributed by atoms with E-state index in [0.717, 1.165) is 17.8 Å². The van der Waals surface area contributed by atoms with Crippen molar-refractivity contribution in [2.45, 2.75) is 26.0 Å². The lowest BCUT2D eigenvalue weighted by Gasteiger charge is -2.33. The van der Waals surface area contributed by atoms with Crippen LogP contribution in [0, 0.1) is 0 Å². The van der Waals surface area contributed by atoms with E-state index in [1.165, 1.54) is 0 Å². The number of aryl methyl sites for hydroxylation is 1. The van der Waals surface area contributed by atoms with Crippen molar-refractivity contribution >= 4 is 17.5 Å². The van der Waals surface area contributed by atoms with Crippen molar-refractivity contribution in [1.82, 2.24) is 14.5 Å². The summed E-state index contributed by atoms with van der Waals surface area (Å²) in [6.07, 6.45) is 4.31. The molecule has 23 heavy (non-hydrogen) atoms. The summed E-state index contributed by atoms with van der Waals surface area (Å²) in [5.74, 6) is 1.03. The van der Waals surface area contributed by atoms with E-state index in [1.54, 1.807) is 6.20 Å². The predicted molar refractivity (Wildman–Crippen MR) is 88.3 cm³/mol. The van der Waals surface area contributed by atoms with Gasteiger partial charge in [0.2, 0.25) is 5.91 Å². The Kier molecular flexibility index (Phi) is 4.98. The molecule has 0 bridgehead atoms. The Bertz CT molecular complexity index is 669. The average Bonchev–Trinajstić information content (AvgIpc) is 3.03. The van der Waals surface area contributed by atoms with Crippen molar-refractivity contribution in [3.05, 3.63) is 53.1 Å². The number of morpholine rings is 1. The predicted octanol–water partition coefficient (Wildman–Crippen LogP) is 2.70. The highest BCUT2D eigenvalue weighted by Crippen LogP contribution is 2.24. The number of hydrogen-bond donors (Lipinski definition) is 0. The molecule has 0 spiro atoms. The van der Waals surface area contributed by atoms with Gasteiger partial charge in [-0.15, -0.1) is 0 Å². The molecule has 1 aliphatic heterocycles. The number of benzene rings is 1. The summed E-state index contributed by atoms with van der Waals surface area (Å²) in [6, 6.07) is 7.60. The summed E-state index contributed by atoms with van der Waals surface area (Å²) in [6.45, 7) is 4.10. The lowest BCUT2D eigenvalue weighted by atomic mass is 10.1. The molecule has 0 aliphatic carbocycles. The Hall–Kier alpha value is -1.85. The largest absolute Gasteiger partial charge is 0.370 e. The van der Waals surface area contributed by atoms with Crippen LogP contribution in [0.1, 0.15) is 24.4 Å². The molecule has 2 heterocycles. The molecular formula is C17H20ClN3O2. The van der Waals surface area contributed by atoms with Crippen LogP contribution < -0.4 is 0 Å². The minimum atomic E-state index is -0.0987. The van der Waals surface area contributed by atoms with Gasteiger partial charge in [-0.25, -0.2) is 4.98 Å². The zero-order valence-corrected chi connectivity index (χ0v) is 13.9. The van der Waals surface area contributed by atoms with Crippen molar-refractivity contribution in [2.24, 2.45) is 0 Å². The van der Waals surface area contributed by atoms with Crippen molar-refractivity contribution in [3.8, 4) is 0 Å². The molecule has 0 radical (unpaired) electrons. The zero-order valence-electron chi connectivity index (χ0n) is 13.1. The fourth-order valence-corrected chi connectivity index (χ4v) is 2.92. The maximum Gasteiger partial charge on any atom is 0.242 e. The second kappa shape index (κ2) is 7.15. The van der Waals surface area contributed by atoms with Gasteiger partial charge >= 0.3 is 0 Å². The molecule has 2 aromatic rings. The second-order valence-electron chi connectivity index (χ2n) is 5.58. The van der Waals surface area contributed by atoms with Gasteiger partial charge in [-0.2, -0.15) is 0 Å². The molecule has 6 heteroatoms. The summed E-state index contributed by atoms with van der Waals surface area (Å²) < 4.78 is 7.72. The van der Waals surface area contributed by atoms with E-state index >= 15 is 0 Å². The Labute approximate surface area is 140 Å². The van der Waals surface area contributed by atoms with Gasteiger partial charge in [0.25, 0.3) is 0 Å². The van der Waals surface area contributed by atoms with Gasteiger partial charge < -0.3 is 14.2 Å². The number of rotatable bonds is 4. The summed E-state index contributed by atoms with van der Waals surface area (Å²) in [7, 11) is 0. The molecular weight excluding hydrogens is 314 g/mol. The molecule has 0 N–H and O–H groups in total. The highest BCUT2D eigenvalue weighted by molar-refractivity contribution is 6.30. The van der Waals surface area contributed by atoms with E-state index in [1.807, 2.05) is 46.9 Å². The number of aromatic nitrogens is 2. The quantitative estimate of drug-likeness (QED) is 0.864. The molecule has 122 valence electrons. The smallest absolute Gasteiger partial charge is 0.242 e. The van der Waals surface area contributed by atoms with Gasteiger partial charge in [0.15, 0.2) is 0 Å². The van der Waals surface area contributed by atoms with Crippen LogP contribution >= 0.6 is 11.6 Å². The first kappa shape index (κ1) is 16.0. The molecule has 1 amide bonds. The molecule has 3 rings (SSSR count). The first-order valence-electron chi connectivity index (χ1n) is 7.82. The Morgan fingerprint density at radius 3 is 2.91 bits per heavy atom. The van der Waals surface area contributed by atoms with Crippen LogP contribution in [0.5, 0.6) is 0 Å². The summed E-state index contributed by atoms with van der Waals surface area (Å²) in [5.41, 5.74) is 1.05. The minimum Gasteiger partial charge on any atom is -0.370 e. The molecule has 5 nitrogen and oxygen atoms in total. The van der Waals surface area contributed by atoms with Gasteiger partial charge in [-0.05, 0) is 17.7 Å². The van der Waals surface area contributed by atoms with Gasteiger partial charge in [-0.1, -0.05) is 30.7 Å². The SMILES string of the molecule is CCc1nccn1CC(=O)N1CCO[C@@H](c2ccc(Cl)cc2)C1. The van der Waals surface area contributed by atoms with Crippen molar-refractivity contribution < 1.29 is 9.53 Å². The van der Waals surface area contributed by atoms with Crippen LogP contribution in [-0.2, 0) is 22.5 Å². The maximum absolute atomic E-state index is 12.6. The minimum absolute atomic E-state index is 0.0972. The van der Waals surface area contributed by atoms with Crippen LogP contribution in [-0.4, -0.2) is 40.1 Å². The summed E-state index contributed by atoms with van der Waals surface area (Å²) >= 11 is 5.92. The molecule has 1 aliphatic rings. The maximum atomic E-state index is 12.6. The third kappa shape index (κ3) is 3.74. The standard InChI is InChI=1S/C17H20ClN3O2/c1-2-16-19-7-8-20(16)12-17(22)21-9-10-23-15(11-21)13-3-5-14(18)6-4-13/h3-8,15H,2,9-12H2,1H3/t15-/m1/s1. The third-order valence-electron chi connectivity index (χ3n) is 4.08. The normalized spacial score (nSPS) is 18.2. The molecule has 1 fully saturated rings. The third-order valence-corrected chi connectivity index (χ3v) is 4.34. The number of nitrogens with zero attached hydrogens (tertiary/aromatic N) is 3. The van der Waals surface area contributed by atoms with E-state index in [-0.39, 0.29) is 12.0 Å². The van der Waals surface area contributed by atoms with Crippen molar-refractivity contribution in [1.29, 1.82) is 0 Å². The second-order valence-corrected chi connectivity index (χ2v) is 6.01. The lowest BCUT2D eigenvalue weighted by molar-refractivity contribution is -0.139. The number of hydrogen-bond acceptors (Lipinski definition) is 3. The molecule has 1 aromatic carbocycles. The summed E-state index contributed by atoms with van der Waals surface area (Å²) in [5, 5.41) is 0.699. The molecule has 1 atom stereocenters. The monoisotopic (exact) mass is 333 g/mol. The Balaban J connectivity index is 1.66. The van der Waals surface area contributed by atoms with Crippen LogP contribution in [0.2, 0.25) is 5.02 Å². The highest BCUT2D eigenvalue weighted by Gasteiger charge is 2.25. The Morgan fingerprint density at radius 2 is 2.17 bits per heavy atom. The molecule has 1 saturated heterocycles. The van der Waals surface area contributed by atoms with E-state index in [2.05, 4.69) is 4.98 Å². The number of amides is 1. The van der Waals surface area contributed by atoms with Crippen molar-refractivity contribution in [3.63, 3.8) is 0 Å². The van der Waals surface area contributed by atoms with Crippen LogP contribution in [0.4, 0.5) is 0 Å². The van der Waals surface area contributed by atoms with E-state index in [9.17, 15) is 4.79 Å². The molecule has 0 saturated carbocycles. The van der Waals surface area contributed by atoms with E-state index in [4.69, 9.17) is 16.3 Å². The number of carbonyl (C=O) groups excluding carboxylic acids is 1. The highest BCUT2D eigenvalue weighted by atomic mass is 35.5. The van der Waals surface area contributed by atoms with E-state index in [0.29, 0.717) is 31.3 Å². The number of carbonyl (C=O) groups is 1. The Morgan fingerprint density at radius 1 is 1.39 bits per heavy atom. The topological polar surface area (TPSA) is 47.4 Å². The first-order valence-corrected chi connectivity index (χ1v) is 8.20. The van der Waals surface area contributed by atoms with Gasteiger partial charge in [0.1, 0.15) is 18.5 Å². The van der Waals surface area contributed by atoms with Crippen molar-refractivity contribution in [2.75, 3.05) is 19.7 Å². The number of ether oxygens (including phenoxy) is 1. The van der Waals surface area contributed by atoms with Gasteiger partial charge in [0, 0.05) is 30.4 Å². The fraction of sp³-hybridized carbons (Fsp3) is 0.412. The van der Waals surface area contributed by atoms with Crippen LogP contribution in [0.3, 0.4) is 0 Å². The zero-order chi connectivity index (χ0) is 16.2. The lowest BCUT2D eigenvalue weighted by Crippen LogP contribution is -2.43. The number of imidazole rings is 1. The van der Waals surface area contributed by atoms with Gasteiger partial charge in [0.05, 0.1) is 13.2 Å².